The van der Waals surface area contributed by atoms with Gasteiger partial charge in [0.25, 0.3) is 0 Å². The first-order valence-electron chi connectivity index (χ1n) is 7.17. The van der Waals surface area contributed by atoms with Gasteiger partial charge in [0.1, 0.15) is 18.1 Å². The number of nitrogens with one attached hydrogen (secondary N) is 3. The summed E-state index contributed by atoms with van der Waals surface area (Å²) in [6, 6.07) is 7.03. The standard InChI is InChI=1S/C15H21N3O5/c1-22-12-3-5-13(6-4-12)23-10-9-18-15(21)14(20)17-8-2-7-16-11-19/h3-6,11H,2,7-10H2,1H3,(H,16,19)(H,17,20)(H,18,21). The summed E-state index contributed by atoms with van der Waals surface area (Å²) in [5, 5.41) is 7.36. The lowest BCUT2D eigenvalue weighted by molar-refractivity contribution is -0.139. The van der Waals surface area contributed by atoms with Gasteiger partial charge in [0.05, 0.1) is 13.7 Å². The molecule has 23 heavy (non-hydrogen) atoms. The van der Waals surface area contributed by atoms with E-state index in [1.54, 1.807) is 31.4 Å². The molecule has 0 aliphatic heterocycles. The van der Waals surface area contributed by atoms with E-state index in [1.807, 2.05) is 0 Å². The van der Waals surface area contributed by atoms with Crippen LogP contribution in [0, 0.1) is 0 Å². The molecular weight excluding hydrogens is 302 g/mol. The van der Waals surface area contributed by atoms with Gasteiger partial charge in [-0.25, -0.2) is 0 Å². The molecule has 1 aromatic carbocycles. The number of hydrogen-bond acceptors (Lipinski definition) is 5. The SMILES string of the molecule is COc1ccc(OCCNC(=O)C(=O)NCCCNC=O)cc1. The Morgan fingerprint density at radius 1 is 1.00 bits per heavy atom. The second-order valence-corrected chi connectivity index (χ2v) is 4.46. The first-order chi connectivity index (χ1) is 11.2. The van der Waals surface area contributed by atoms with Gasteiger partial charge in [0, 0.05) is 13.1 Å². The Kier molecular flexibility index (Phi) is 8.65. The Balaban J connectivity index is 2.12. The molecule has 0 aromatic heterocycles. The predicted octanol–water partition coefficient (Wildman–Crippen LogP) is -0.557. The van der Waals surface area contributed by atoms with Crippen LogP contribution in [0.4, 0.5) is 0 Å². The van der Waals surface area contributed by atoms with Gasteiger partial charge in [0.2, 0.25) is 6.41 Å². The highest BCUT2D eigenvalue weighted by atomic mass is 16.5. The zero-order chi connectivity index (χ0) is 16.9. The van der Waals surface area contributed by atoms with E-state index >= 15 is 0 Å². The maximum Gasteiger partial charge on any atom is 0.309 e. The molecule has 0 saturated heterocycles. The van der Waals surface area contributed by atoms with Gasteiger partial charge >= 0.3 is 11.8 Å². The topological polar surface area (TPSA) is 106 Å². The van der Waals surface area contributed by atoms with Crippen molar-refractivity contribution < 1.29 is 23.9 Å². The van der Waals surface area contributed by atoms with Crippen LogP contribution in [-0.2, 0) is 14.4 Å². The largest absolute Gasteiger partial charge is 0.497 e. The van der Waals surface area contributed by atoms with Crippen LogP contribution >= 0.6 is 0 Å². The molecule has 1 rings (SSSR count). The highest BCUT2D eigenvalue weighted by Crippen LogP contribution is 2.16. The van der Waals surface area contributed by atoms with Crippen molar-refractivity contribution in [1.82, 2.24) is 16.0 Å². The van der Waals surface area contributed by atoms with E-state index in [1.165, 1.54) is 0 Å². The lowest BCUT2D eigenvalue weighted by Crippen LogP contribution is -2.42. The number of rotatable bonds is 10. The average molecular weight is 323 g/mol. The molecule has 1 aromatic rings. The van der Waals surface area contributed by atoms with Crippen LogP contribution in [0.25, 0.3) is 0 Å². The molecule has 0 spiro atoms. The minimum atomic E-state index is -0.716. The molecular formula is C15H21N3O5. The van der Waals surface area contributed by atoms with Gasteiger partial charge in [-0.2, -0.15) is 0 Å². The summed E-state index contributed by atoms with van der Waals surface area (Å²) in [5.41, 5.74) is 0. The van der Waals surface area contributed by atoms with Crippen LogP contribution < -0.4 is 25.4 Å². The molecule has 0 fully saturated rings. The summed E-state index contributed by atoms with van der Waals surface area (Å²) in [6.45, 7) is 1.22. The molecule has 3 amide bonds. The monoisotopic (exact) mass is 323 g/mol. The van der Waals surface area contributed by atoms with Crippen molar-refractivity contribution in [3.63, 3.8) is 0 Å². The Bertz CT molecular complexity index is 504. The Morgan fingerprint density at radius 3 is 2.22 bits per heavy atom. The Hall–Kier alpha value is -2.77. The highest BCUT2D eigenvalue weighted by molar-refractivity contribution is 6.35. The van der Waals surface area contributed by atoms with E-state index in [0.29, 0.717) is 31.7 Å². The summed E-state index contributed by atoms with van der Waals surface area (Å²) >= 11 is 0. The lowest BCUT2D eigenvalue weighted by Gasteiger charge is -2.08. The van der Waals surface area contributed by atoms with Crippen molar-refractivity contribution >= 4 is 18.2 Å². The van der Waals surface area contributed by atoms with Crippen LogP contribution in [0.1, 0.15) is 6.42 Å². The number of amides is 3. The van der Waals surface area contributed by atoms with E-state index in [4.69, 9.17) is 9.47 Å². The summed E-state index contributed by atoms with van der Waals surface area (Å²) in [4.78, 5) is 32.9. The maximum atomic E-state index is 11.5. The summed E-state index contributed by atoms with van der Waals surface area (Å²) in [6.07, 6.45) is 1.13. The van der Waals surface area contributed by atoms with Gasteiger partial charge < -0.3 is 25.4 Å². The first-order valence-corrected chi connectivity index (χ1v) is 7.17. The molecule has 0 radical (unpaired) electrons. The van der Waals surface area contributed by atoms with E-state index in [9.17, 15) is 14.4 Å². The fourth-order valence-corrected chi connectivity index (χ4v) is 1.62. The van der Waals surface area contributed by atoms with Crippen molar-refractivity contribution in [1.29, 1.82) is 0 Å². The minimum Gasteiger partial charge on any atom is -0.497 e. The van der Waals surface area contributed by atoms with Gasteiger partial charge in [-0.15, -0.1) is 0 Å². The number of benzene rings is 1. The molecule has 0 heterocycles. The molecule has 0 aliphatic carbocycles. The Morgan fingerprint density at radius 2 is 1.61 bits per heavy atom. The molecule has 0 unspecified atom stereocenters. The van der Waals surface area contributed by atoms with Gasteiger partial charge in [-0.3, -0.25) is 14.4 Å². The van der Waals surface area contributed by atoms with E-state index < -0.39 is 11.8 Å². The number of methoxy groups -OCH3 is 1. The van der Waals surface area contributed by atoms with Crippen LogP contribution in [0.15, 0.2) is 24.3 Å². The fraction of sp³-hybridized carbons (Fsp3) is 0.400. The number of ether oxygens (including phenoxy) is 2. The van der Waals surface area contributed by atoms with Crippen molar-refractivity contribution in [3.05, 3.63) is 24.3 Å². The summed E-state index contributed by atoms with van der Waals surface area (Å²) in [5.74, 6) is -0.0509. The van der Waals surface area contributed by atoms with Crippen molar-refractivity contribution in [2.75, 3.05) is 33.4 Å². The fourth-order valence-electron chi connectivity index (χ4n) is 1.62. The molecule has 0 bridgehead atoms. The molecule has 0 atom stereocenters. The van der Waals surface area contributed by atoms with E-state index in [-0.39, 0.29) is 13.2 Å². The minimum absolute atomic E-state index is 0.213. The van der Waals surface area contributed by atoms with Crippen molar-refractivity contribution in [2.24, 2.45) is 0 Å². The molecule has 3 N–H and O–H groups in total. The summed E-state index contributed by atoms with van der Waals surface area (Å²) in [7, 11) is 1.58. The normalized spacial score (nSPS) is 9.61. The predicted molar refractivity (Wildman–Crippen MR) is 83.2 cm³/mol. The van der Waals surface area contributed by atoms with Crippen LogP contribution in [0.3, 0.4) is 0 Å². The van der Waals surface area contributed by atoms with Gasteiger partial charge in [0.15, 0.2) is 0 Å². The lowest BCUT2D eigenvalue weighted by atomic mass is 10.3. The molecule has 0 saturated carbocycles. The third kappa shape index (κ3) is 7.70. The van der Waals surface area contributed by atoms with E-state index in [2.05, 4.69) is 16.0 Å². The number of carbonyl (C=O) groups is 3. The second kappa shape index (κ2) is 10.9. The van der Waals surface area contributed by atoms with Crippen LogP contribution in [0.5, 0.6) is 11.5 Å². The average Bonchev–Trinajstić information content (AvgIpc) is 2.58. The zero-order valence-corrected chi connectivity index (χ0v) is 13.0. The van der Waals surface area contributed by atoms with Crippen molar-refractivity contribution in [3.8, 4) is 11.5 Å². The zero-order valence-electron chi connectivity index (χ0n) is 13.0. The molecule has 126 valence electrons. The van der Waals surface area contributed by atoms with Crippen LogP contribution in [-0.4, -0.2) is 51.6 Å². The van der Waals surface area contributed by atoms with E-state index in [0.717, 1.165) is 5.75 Å². The van der Waals surface area contributed by atoms with Crippen molar-refractivity contribution in [2.45, 2.75) is 6.42 Å². The van der Waals surface area contributed by atoms with Crippen LogP contribution in [0.2, 0.25) is 0 Å². The van der Waals surface area contributed by atoms with Gasteiger partial charge in [-0.05, 0) is 30.7 Å². The molecule has 8 heteroatoms. The first kappa shape index (κ1) is 18.3. The second-order valence-electron chi connectivity index (χ2n) is 4.46. The highest BCUT2D eigenvalue weighted by Gasteiger charge is 2.11. The maximum absolute atomic E-state index is 11.5. The quantitative estimate of drug-likeness (QED) is 0.304. The Labute approximate surface area is 134 Å². The summed E-state index contributed by atoms with van der Waals surface area (Å²) < 4.78 is 10.4. The number of carbonyl (C=O) groups excluding carboxylic acids is 3. The van der Waals surface area contributed by atoms with Gasteiger partial charge in [-0.1, -0.05) is 0 Å². The number of hydrogen-bond donors (Lipinski definition) is 3. The smallest absolute Gasteiger partial charge is 0.309 e. The third-order valence-electron chi connectivity index (χ3n) is 2.79. The molecule has 0 aliphatic rings. The third-order valence-corrected chi connectivity index (χ3v) is 2.79. The molecule has 8 nitrogen and oxygen atoms in total.